The van der Waals surface area contributed by atoms with Gasteiger partial charge in [-0.25, -0.2) is 0 Å². The van der Waals surface area contributed by atoms with E-state index in [2.05, 4.69) is 20.6 Å². The van der Waals surface area contributed by atoms with Gasteiger partial charge in [-0.3, -0.25) is 19.6 Å². The number of nitrogens with one attached hydrogen (secondary N) is 2. The van der Waals surface area contributed by atoms with Crippen molar-refractivity contribution in [2.75, 3.05) is 26.2 Å². The van der Waals surface area contributed by atoms with Gasteiger partial charge in [-0.05, 0) is 11.1 Å². The Morgan fingerprint density at radius 2 is 0.833 bits per heavy atom. The molecule has 2 unspecified atom stereocenters. The zero-order valence-electron chi connectivity index (χ0n) is 23.1. The molecule has 2 N–H and O–H groups in total. The summed E-state index contributed by atoms with van der Waals surface area (Å²) in [6.07, 6.45) is -2.38. The SMILES string of the molecule is O=C(NCCN=C(c1ccccc1)C([O-])c1ccccc1)C(=O)NCCN=C(c1ccccc1)C([O-])c1ccccc1. The molecule has 0 aliphatic heterocycles. The first-order valence-corrected chi connectivity index (χ1v) is 13.7. The molecule has 4 rings (SSSR count). The van der Waals surface area contributed by atoms with Gasteiger partial charge in [-0.2, -0.15) is 0 Å². The molecule has 0 bridgehead atoms. The Bertz CT molecular complexity index is 1360. The Labute approximate surface area is 245 Å². The Kier molecular flexibility index (Phi) is 11.3. The van der Waals surface area contributed by atoms with Crippen molar-refractivity contribution < 1.29 is 19.8 Å². The maximum Gasteiger partial charge on any atom is 0.309 e. The third kappa shape index (κ3) is 8.54. The molecule has 2 atom stereocenters. The minimum absolute atomic E-state index is 0.0787. The fraction of sp³-hybridized carbons (Fsp3) is 0.176. The van der Waals surface area contributed by atoms with Crippen molar-refractivity contribution in [1.29, 1.82) is 0 Å². The van der Waals surface area contributed by atoms with Crippen LogP contribution in [-0.2, 0) is 9.59 Å². The molecule has 0 heterocycles. The summed E-state index contributed by atoms with van der Waals surface area (Å²) in [5, 5.41) is 31.4. The molecule has 4 aromatic carbocycles. The molecule has 0 saturated carbocycles. The normalized spacial score (nSPS) is 13.2. The third-order valence-electron chi connectivity index (χ3n) is 6.41. The number of carbonyl (C=O) groups is 2. The minimum atomic E-state index is -1.19. The van der Waals surface area contributed by atoms with Crippen molar-refractivity contribution in [3.63, 3.8) is 0 Å². The van der Waals surface area contributed by atoms with E-state index >= 15 is 0 Å². The van der Waals surface area contributed by atoms with E-state index in [1.165, 1.54) is 0 Å². The maximum absolute atomic E-state index is 13.2. The molecule has 0 radical (unpaired) electrons. The predicted octanol–water partition coefficient (Wildman–Crippen LogP) is 2.40. The first-order chi connectivity index (χ1) is 20.5. The average molecular weight is 561 g/mol. The number of carbonyl (C=O) groups excluding carboxylic acids is 2. The number of nitrogens with zero attached hydrogens (tertiary/aromatic N) is 2. The van der Waals surface area contributed by atoms with Gasteiger partial charge in [0.25, 0.3) is 0 Å². The Morgan fingerprint density at radius 1 is 0.524 bits per heavy atom. The van der Waals surface area contributed by atoms with Gasteiger partial charge in [0, 0.05) is 24.5 Å². The molecule has 0 saturated heterocycles. The van der Waals surface area contributed by atoms with Crippen LogP contribution in [0.2, 0.25) is 0 Å². The lowest BCUT2D eigenvalue weighted by Gasteiger charge is -2.25. The fourth-order valence-corrected chi connectivity index (χ4v) is 4.29. The highest BCUT2D eigenvalue weighted by atomic mass is 16.3. The van der Waals surface area contributed by atoms with Crippen molar-refractivity contribution in [2.24, 2.45) is 9.98 Å². The zero-order valence-corrected chi connectivity index (χ0v) is 23.1. The second-order valence-electron chi connectivity index (χ2n) is 9.36. The van der Waals surface area contributed by atoms with E-state index in [-0.39, 0.29) is 26.2 Å². The predicted molar refractivity (Wildman–Crippen MR) is 160 cm³/mol. The van der Waals surface area contributed by atoms with E-state index in [0.717, 1.165) is 0 Å². The summed E-state index contributed by atoms with van der Waals surface area (Å²) in [6, 6.07) is 36.3. The summed E-state index contributed by atoms with van der Waals surface area (Å²) in [4.78, 5) is 33.6. The molecule has 0 aromatic heterocycles. The van der Waals surface area contributed by atoms with Gasteiger partial charge in [0.1, 0.15) is 0 Å². The fourth-order valence-electron chi connectivity index (χ4n) is 4.29. The van der Waals surface area contributed by atoms with Gasteiger partial charge < -0.3 is 20.8 Å². The van der Waals surface area contributed by atoms with E-state index in [4.69, 9.17) is 0 Å². The molecular formula is C34H32N4O4-2. The second kappa shape index (κ2) is 15.8. The lowest BCUT2D eigenvalue weighted by atomic mass is 9.99. The van der Waals surface area contributed by atoms with Crippen molar-refractivity contribution in [1.82, 2.24) is 10.6 Å². The summed E-state index contributed by atoms with van der Waals surface area (Å²) in [6.45, 7) is 0.415. The van der Waals surface area contributed by atoms with E-state index in [1.54, 1.807) is 48.5 Å². The van der Waals surface area contributed by atoms with E-state index in [9.17, 15) is 19.8 Å². The highest BCUT2D eigenvalue weighted by molar-refractivity contribution is 6.35. The third-order valence-corrected chi connectivity index (χ3v) is 6.41. The van der Waals surface area contributed by atoms with Crippen LogP contribution >= 0.6 is 0 Å². The van der Waals surface area contributed by atoms with Crippen LogP contribution in [0.3, 0.4) is 0 Å². The van der Waals surface area contributed by atoms with Crippen LogP contribution in [0.5, 0.6) is 0 Å². The lowest BCUT2D eigenvalue weighted by molar-refractivity contribution is -0.401. The van der Waals surface area contributed by atoms with E-state index < -0.39 is 24.0 Å². The molecule has 8 nitrogen and oxygen atoms in total. The quantitative estimate of drug-likeness (QED) is 0.157. The minimum Gasteiger partial charge on any atom is -0.844 e. The van der Waals surface area contributed by atoms with Crippen LogP contribution in [0.4, 0.5) is 0 Å². The second-order valence-corrected chi connectivity index (χ2v) is 9.36. The summed E-state index contributed by atoms with van der Waals surface area (Å²) in [7, 11) is 0. The summed E-state index contributed by atoms with van der Waals surface area (Å²) in [5.74, 6) is -1.63. The van der Waals surface area contributed by atoms with E-state index in [0.29, 0.717) is 33.7 Å². The van der Waals surface area contributed by atoms with Gasteiger partial charge in [0.2, 0.25) is 0 Å². The first-order valence-electron chi connectivity index (χ1n) is 13.7. The molecule has 42 heavy (non-hydrogen) atoms. The summed E-state index contributed by atoms with van der Waals surface area (Å²) < 4.78 is 0. The monoisotopic (exact) mass is 560 g/mol. The van der Waals surface area contributed by atoms with Gasteiger partial charge in [0.15, 0.2) is 0 Å². The van der Waals surface area contributed by atoms with Crippen LogP contribution in [0.25, 0.3) is 0 Å². The largest absolute Gasteiger partial charge is 0.844 e. The molecular weight excluding hydrogens is 528 g/mol. The van der Waals surface area contributed by atoms with Gasteiger partial charge >= 0.3 is 11.8 Å². The molecule has 4 aromatic rings. The topological polar surface area (TPSA) is 129 Å². The van der Waals surface area contributed by atoms with Crippen molar-refractivity contribution in [3.8, 4) is 0 Å². The number of benzene rings is 4. The molecule has 8 heteroatoms. The number of rotatable bonds is 12. The summed E-state index contributed by atoms with van der Waals surface area (Å²) >= 11 is 0. The Hall–Kier alpha value is -4.92. The summed E-state index contributed by atoms with van der Waals surface area (Å²) in [5.41, 5.74) is 3.31. The average Bonchev–Trinajstić information content (AvgIpc) is 3.05. The molecule has 2 amide bonds. The van der Waals surface area contributed by atoms with Gasteiger partial charge in [-0.1, -0.05) is 145 Å². The van der Waals surface area contributed by atoms with Crippen molar-refractivity contribution >= 4 is 23.2 Å². The first kappa shape index (κ1) is 30.0. The molecule has 0 aliphatic carbocycles. The van der Waals surface area contributed by atoms with Crippen LogP contribution in [0, 0.1) is 0 Å². The smallest absolute Gasteiger partial charge is 0.309 e. The standard InChI is InChI=1S/C34H32N4O4/c39-31(27-17-9-3-10-18-27)29(25-13-5-1-6-14-25)35-21-23-37-33(41)34(42)38-24-22-36-30(26-15-7-2-8-16-26)32(40)28-19-11-4-12-20-28/h1-20,31-32H,21-24H2,(H,37,41)(H,38,42)/q-2. The lowest BCUT2D eigenvalue weighted by Crippen LogP contribution is -2.41. The number of hydrogen-bond donors (Lipinski definition) is 2. The maximum atomic E-state index is 13.2. The van der Waals surface area contributed by atoms with Crippen molar-refractivity contribution in [2.45, 2.75) is 12.2 Å². The van der Waals surface area contributed by atoms with Gasteiger partial charge in [-0.15, -0.1) is 0 Å². The zero-order chi connectivity index (χ0) is 29.6. The molecule has 0 spiro atoms. The molecule has 214 valence electrons. The van der Waals surface area contributed by atoms with E-state index in [1.807, 2.05) is 72.8 Å². The van der Waals surface area contributed by atoms with Crippen molar-refractivity contribution in [3.05, 3.63) is 144 Å². The molecule has 0 aliphatic rings. The number of hydrogen-bond acceptors (Lipinski definition) is 6. The van der Waals surface area contributed by atoms with Gasteiger partial charge in [0.05, 0.1) is 13.1 Å². The Morgan fingerprint density at radius 3 is 1.17 bits per heavy atom. The highest BCUT2D eigenvalue weighted by Crippen LogP contribution is 2.18. The number of aliphatic imine (C=N–C) groups is 2. The van der Waals surface area contributed by atoms with Crippen LogP contribution < -0.4 is 20.8 Å². The van der Waals surface area contributed by atoms with Crippen LogP contribution in [0.1, 0.15) is 34.5 Å². The molecule has 0 fully saturated rings. The van der Waals surface area contributed by atoms with Crippen LogP contribution in [0.15, 0.2) is 131 Å². The Balaban J connectivity index is 1.30. The van der Waals surface area contributed by atoms with Crippen LogP contribution in [-0.4, -0.2) is 49.4 Å². The number of amides is 2. The highest BCUT2D eigenvalue weighted by Gasteiger charge is 2.14.